The first-order valence-corrected chi connectivity index (χ1v) is 6.22. The predicted octanol–water partition coefficient (Wildman–Crippen LogP) is 4.87. The van der Waals surface area contributed by atoms with Gasteiger partial charge in [-0.2, -0.15) is 0 Å². The van der Waals surface area contributed by atoms with E-state index in [2.05, 4.69) is 24.0 Å². The van der Waals surface area contributed by atoms with E-state index in [4.69, 9.17) is 11.6 Å². The van der Waals surface area contributed by atoms with Crippen molar-refractivity contribution in [1.29, 1.82) is 0 Å². The lowest BCUT2D eigenvalue weighted by molar-refractivity contribution is 0.928. The van der Waals surface area contributed by atoms with Gasteiger partial charge in [0.25, 0.3) is 0 Å². The first-order valence-electron chi connectivity index (χ1n) is 5.84. The third kappa shape index (κ3) is 2.96. The third-order valence-corrected chi connectivity index (χ3v) is 2.55. The summed E-state index contributed by atoms with van der Waals surface area (Å²) in [6, 6.07) is 7.97. The van der Waals surface area contributed by atoms with Crippen molar-refractivity contribution in [3.8, 4) is 0 Å². The van der Waals surface area contributed by atoms with Gasteiger partial charge in [0.1, 0.15) is 0 Å². The van der Waals surface area contributed by atoms with Crippen molar-refractivity contribution in [2.75, 3.05) is 0 Å². The second-order valence-electron chi connectivity index (χ2n) is 3.38. The van der Waals surface area contributed by atoms with Crippen LogP contribution in [0.1, 0.15) is 32.8 Å². The normalized spacial score (nSPS) is 9.75. The largest absolute Gasteiger partial charge is 0.256 e. The zero-order valence-corrected chi connectivity index (χ0v) is 10.9. The minimum atomic E-state index is 0.749. The Balaban J connectivity index is 0.000000606. The van der Waals surface area contributed by atoms with Crippen LogP contribution in [0.15, 0.2) is 30.5 Å². The van der Waals surface area contributed by atoms with Gasteiger partial charge in [-0.25, -0.2) is 0 Å². The Morgan fingerprint density at radius 3 is 2.62 bits per heavy atom. The van der Waals surface area contributed by atoms with Gasteiger partial charge in [-0.05, 0) is 30.2 Å². The Kier molecular flexibility index (Phi) is 5.27. The molecule has 1 nitrogen and oxygen atoms in total. The van der Waals surface area contributed by atoms with E-state index in [1.165, 1.54) is 10.9 Å². The third-order valence-electron chi connectivity index (χ3n) is 2.31. The average Bonchev–Trinajstić information content (AvgIpc) is 2.32. The highest BCUT2D eigenvalue weighted by atomic mass is 35.5. The summed E-state index contributed by atoms with van der Waals surface area (Å²) in [5, 5.41) is 1.97. The average molecular weight is 236 g/mol. The number of halogens is 1. The van der Waals surface area contributed by atoms with E-state index in [-0.39, 0.29) is 0 Å². The minimum Gasteiger partial charge on any atom is -0.256 e. The molecule has 0 N–H and O–H groups in total. The number of rotatable bonds is 2. The summed E-state index contributed by atoms with van der Waals surface area (Å²) in [5.41, 5.74) is 2.35. The number of pyridine rings is 1. The lowest BCUT2D eigenvalue weighted by Crippen LogP contribution is -1.87. The fraction of sp³-hybridized carbons (Fsp3) is 0.357. The highest BCUT2D eigenvalue weighted by Crippen LogP contribution is 2.21. The summed E-state index contributed by atoms with van der Waals surface area (Å²) < 4.78 is 0. The fourth-order valence-electron chi connectivity index (χ4n) is 1.67. The molecule has 86 valence electrons. The van der Waals surface area contributed by atoms with Gasteiger partial charge < -0.3 is 0 Å². The molecule has 1 aromatic carbocycles. The van der Waals surface area contributed by atoms with E-state index in [0.29, 0.717) is 0 Å². The first-order chi connectivity index (χ1) is 7.81. The molecule has 0 bridgehead atoms. The molecule has 0 atom stereocenters. The van der Waals surface area contributed by atoms with Gasteiger partial charge in [-0.15, -0.1) is 0 Å². The SMILES string of the molecule is CC.CCCc1ccnc2cc(Cl)ccc12. The Bertz CT molecular complexity index is 451. The van der Waals surface area contributed by atoms with Gasteiger partial charge in [-0.1, -0.05) is 44.9 Å². The number of benzene rings is 1. The molecule has 1 heterocycles. The van der Waals surface area contributed by atoms with Crippen LogP contribution >= 0.6 is 11.6 Å². The number of hydrogen-bond donors (Lipinski definition) is 0. The summed E-state index contributed by atoms with van der Waals surface area (Å²) in [5.74, 6) is 0. The minimum absolute atomic E-state index is 0.749. The number of nitrogens with zero attached hydrogens (tertiary/aromatic N) is 1. The van der Waals surface area contributed by atoms with Crippen LogP contribution in [0, 0.1) is 0 Å². The number of fused-ring (bicyclic) bond motifs is 1. The number of aryl methyl sites for hydroxylation is 1. The number of hydrogen-bond acceptors (Lipinski definition) is 1. The van der Waals surface area contributed by atoms with Gasteiger partial charge in [0.15, 0.2) is 0 Å². The Hall–Kier alpha value is -1.08. The molecule has 1 aromatic heterocycles. The van der Waals surface area contributed by atoms with Gasteiger partial charge in [0.05, 0.1) is 5.52 Å². The molecule has 0 saturated heterocycles. The Morgan fingerprint density at radius 1 is 1.19 bits per heavy atom. The predicted molar refractivity (Wildman–Crippen MR) is 72.1 cm³/mol. The molecule has 0 radical (unpaired) electrons. The Morgan fingerprint density at radius 2 is 1.94 bits per heavy atom. The van der Waals surface area contributed by atoms with Crippen LogP contribution in [-0.4, -0.2) is 4.98 Å². The van der Waals surface area contributed by atoms with Crippen LogP contribution in [0.5, 0.6) is 0 Å². The van der Waals surface area contributed by atoms with E-state index in [1.54, 1.807) is 0 Å². The van der Waals surface area contributed by atoms with Gasteiger partial charge >= 0.3 is 0 Å². The van der Waals surface area contributed by atoms with Crippen molar-refractivity contribution in [3.05, 3.63) is 41.0 Å². The monoisotopic (exact) mass is 235 g/mol. The zero-order valence-electron chi connectivity index (χ0n) is 10.1. The lowest BCUT2D eigenvalue weighted by Gasteiger charge is -2.04. The molecule has 0 unspecified atom stereocenters. The van der Waals surface area contributed by atoms with E-state index < -0.39 is 0 Å². The molecule has 0 amide bonds. The van der Waals surface area contributed by atoms with E-state index in [0.717, 1.165) is 23.4 Å². The molecule has 0 fully saturated rings. The van der Waals surface area contributed by atoms with Crippen LogP contribution in [0.2, 0.25) is 5.02 Å². The maximum Gasteiger partial charge on any atom is 0.0719 e. The summed E-state index contributed by atoms with van der Waals surface area (Å²) in [4.78, 5) is 4.30. The fourth-order valence-corrected chi connectivity index (χ4v) is 1.83. The lowest BCUT2D eigenvalue weighted by atomic mass is 10.1. The van der Waals surface area contributed by atoms with Gasteiger partial charge in [0, 0.05) is 16.6 Å². The molecule has 2 heteroatoms. The van der Waals surface area contributed by atoms with Crippen molar-refractivity contribution in [3.63, 3.8) is 0 Å². The van der Waals surface area contributed by atoms with Crippen LogP contribution in [-0.2, 0) is 6.42 Å². The molecule has 0 spiro atoms. The highest BCUT2D eigenvalue weighted by molar-refractivity contribution is 6.31. The molecule has 0 aliphatic rings. The summed E-state index contributed by atoms with van der Waals surface area (Å²) in [7, 11) is 0. The van der Waals surface area contributed by atoms with Crippen molar-refractivity contribution in [2.45, 2.75) is 33.6 Å². The molecule has 0 aliphatic carbocycles. The van der Waals surface area contributed by atoms with Crippen molar-refractivity contribution in [2.24, 2.45) is 0 Å². The smallest absolute Gasteiger partial charge is 0.0719 e. The van der Waals surface area contributed by atoms with Crippen molar-refractivity contribution >= 4 is 22.5 Å². The van der Waals surface area contributed by atoms with Gasteiger partial charge in [0.2, 0.25) is 0 Å². The topological polar surface area (TPSA) is 12.9 Å². The molecular formula is C14H18ClN. The molecule has 16 heavy (non-hydrogen) atoms. The molecule has 2 aromatic rings. The standard InChI is InChI=1S/C12H12ClN.C2H6/c1-2-3-9-6-7-14-12-8-10(13)4-5-11(9)12;1-2/h4-8H,2-3H2,1H3;1-2H3. The molecule has 0 aliphatic heterocycles. The summed E-state index contributed by atoms with van der Waals surface area (Å²) >= 11 is 5.91. The van der Waals surface area contributed by atoms with Crippen LogP contribution in [0.4, 0.5) is 0 Å². The van der Waals surface area contributed by atoms with Crippen LogP contribution in [0.25, 0.3) is 10.9 Å². The quantitative estimate of drug-likeness (QED) is 0.724. The maximum absolute atomic E-state index is 5.91. The summed E-state index contributed by atoms with van der Waals surface area (Å²) in [6.07, 6.45) is 4.10. The van der Waals surface area contributed by atoms with E-state index in [9.17, 15) is 0 Å². The Labute approximate surface area is 102 Å². The van der Waals surface area contributed by atoms with Gasteiger partial charge in [-0.3, -0.25) is 4.98 Å². The van der Waals surface area contributed by atoms with Crippen LogP contribution in [0.3, 0.4) is 0 Å². The number of aromatic nitrogens is 1. The maximum atomic E-state index is 5.91. The van der Waals surface area contributed by atoms with Crippen LogP contribution < -0.4 is 0 Å². The molecule has 0 saturated carbocycles. The second kappa shape index (κ2) is 6.49. The van der Waals surface area contributed by atoms with E-state index >= 15 is 0 Å². The summed E-state index contributed by atoms with van der Waals surface area (Å²) in [6.45, 7) is 6.18. The molecular weight excluding hydrogens is 218 g/mol. The van der Waals surface area contributed by atoms with Crippen molar-refractivity contribution < 1.29 is 0 Å². The first kappa shape index (κ1) is 13.0. The highest BCUT2D eigenvalue weighted by Gasteiger charge is 2.01. The zero-order chi connectivity index (χ0) is 12.0. The van der Waals surface area contributed by atoms with E-state index in [1.807, 2.05) is 32.2 Å². The van der Waals surface area contributed by atoms with Crippen molar-refractivity contribution in [1.82, 2.24) is 4.98 Å². The second-order valence-corrected chi connectivity index (χ2v) is 3.82. The molecule has 2 rings (SSSR count).